The van der Waals surface area contributed by atoms with Crippen molar-refractivity contribution >= 4 is 29.9 Å². The number of hydrogen-bond acceptors (Lipinski definition) is 4. The van der Waals surface area contributed by atoms with Crippen molar-refractivity contribution in [2.45, 2.75) is 65.3 Å². The first-order chi connectivity index (χ1) is 14.9. The smallest absolute Gasteiger partial charge is 0.191 e. The topological polar surface area (TPSA) is 61.8 Å². The van der Waals surface area contributed by atoms with Crippen LogP contribution in [-0.2, 0) is 13.1 Å². The quantitative estimate of drug-likeness (QED) is 0.300. The van der Waals surface area contributed by atoms with E-state index in [9.17, 15) is 0 Å². The summed E-state index contributed by atoms with van der Waals surface area (Å²) in [4.78, 5) is 11.8. The van der Waals surface area contributed by atoms with Gasteiger partial charge in [-0.05, 0) is 58.7 Å². The molecule has 1 saturated heterocycles. The molecule has 0 radical (unpaired) electrons. The first-order valence-electron chi connectivity index (χ1n) is 11.4. The number of para-hydroxylation sites is 1. The summed E-state index contributed by atoms with van der Waals surface area (Å²) in [6.45, 7) is 12.8. The molecule has 0 atom stereocenters. The normalized spacial score (nSPS) is 15.7. The van der Waals surface area contributed by atoms with Gasteiger partial charge in [-0.25, -0.2) is 4.99 Å². The predicted molar refractivity (Wildman–Crippen MR) is 143 cm³/mol. The molecule has 1 aromatic heterocycles. The maximum atomic E-state index is 6.11. The number of halogens is 1. The van der Waals surface area contributed by atoms with Gasteiger partial charge in [-0.15, -0.1) is 24.0 Å². The van der Waals surface area contributed by atoms with E-state index in [1.165, 1.54) is 0 Å². The second kappa shape index (κ2) is 13.0. The van der Waals surface area contributed by atoms with Crippen molar-refractivity contribution in [3.8, 4) is 5.75 Å². The molecule has 32 heavy (non-hydrogen) atoms. The average molecular weight is 552 g/mol. The third-order valence-corrected chi connectivity index (χ3v) is 5.18. The van der Waals surface area contributed by atoms with Gasteiger partial charge in [0.25, 0.3) is 0 Å². The van der Waals surface area contributed by atoms with Gasteiger partial charge in [0.2, 0.25) is 0 Å². The van der Waals surface area contributed by atoms with Crippen LogP contribution >= 0.6 is 24.0 Å². The molecule has 2 N–H and O–H groups in total. The Morgan fingerprint density at radius 2 is 1.84 bits per heavy atom. The van der Waals surface area contributed by atoms with Gasteiger partial charge in [-0.2, -0.15) is 0 Å². The van der Waals surface area contributed by atoms with Crippen LogP contribution in [0.2, 0.25) is 0 Å². The van der Waals surface area contributed by atoms with E-state index in [0.29, 0.717) is 12.6 Å². The fraction of sp³-hybridized carbons (Fsp3) is 0.520. The molecular weight excluding hydrogens is 513 g/mol. The van der Waals surface area contributed by atoms with Gasteiger partial charge in [0.05, 0.1) is 12.2 Å². The number of aromatic nitrogens is 1. The van der Waals surface area contributed by atoms with E-state index < -0.39 is 0 Å². The van der Waals surface area contributed by atoms with Crippen LogP contribution in [0.25, 0.3) is 0 Å². The van der Waals surface area contributed by atoms with E-state index in [0.717, 1.165) is 62.0 Å². The first kappa shape index (κ1) is 26.4. The molecule has 1 fully saturated rings. The van der Waals surface area contributed by atoms with E-state index in [1.54, 1.807) is 0 Å². The van der Waals surface area contributed by atoms with E-state index >= 15 is 0 Å². The van der Waals surface area contributed by atoms with Crippen LogP contribution in [0, 0.1) is 0 Å². The fourth-order valence-electron chi connectivity index (χ4n) is 3.70. The number of pyridine rings is 1. The number of benzene rings is 1. The summed E-state index contributed by atoms with van der Waals surface area (Å²) >= 11 is 0. The molecule has 2 aromatic rings. The summed E-state index contributed by atoms with van der Waals surface area (Å²) < 4.78 is 6.11. The number of guanidine groups is 1. The van der Waals surface area contributed by atoms with Gasteiger partial charge in [0.1, 0.15) is 11.4 Å². The molecule has 3 rings (SSSR count). The standard InChI is InChI=1S/C25H37N5O.HI/c1-5-26-24(28-18-20-10-6-7-12-23(20)31-25(2,3)4)29-21-13-16-30(17-14-21)19-22-11-8-9-15-27-22;/h6-12,15,21H,5,13-14,16-19H2,1-4H3,(H2,26,28,29);1H. The van der Waals surface area contributed by atoms with E-state index in [2.05, 4.69) is 66.4 Å². The van der Waals surface area contributed by atoms with Crippen LogP contribution in [0.3, 0.4) is 0 Å². The van der Waals surface area contributed by atoms with Gasteiger partial charge in [0.15, 0.2) is 5.96 Å². The molecule has 0 bridgehead atoms. The zero-order valence-electron chi connectivity index (χ0n) is 19.8. The monoisotopic (exact) mass is 551 g/mol. The number of piperidine rings is 1. The summed E-state index contributed by atoms with van der Waals surface area (Å²) in [6, 6.07) is 14.7. The minimum Gasteiger partial charge on any atom is -0.488 e. The van der Waals surface area contributed by atoms with Crippen molar-refractivity contribution in [3.63, 3.8) is 0 Å². The van der Waals surface area contributed by atoms with Crippen molar-refractivity contribution in [3.05, 3.63) is 59.9 Å². The van der Waals surface area contributed by atoms with Gasteiger partial charge < -0.3 is 15.4 Å². The lowest BCUT2D eigenvalue weighted by Crippen LogP contribution is -2.48. The second-order valence-electron chi connectivity index (χ2n) is 9.03. The zero-order chi connectivity index (χ0) is 22.1. The maximum Gasteiger partial charge on any atom is 0.191 e. The Balaban J connectivity index is 0.00000363. The second-order valence-corrected chi connectivity index (χ2v) is 9.03. The maximum absolute atomic E-state index is 6.11. The third kappa shape index (κ3) is 8.94. The van der Waals surface area contributed by atoms with Crippen molar-refractivity contribution in [2.75, 3.05) is 19.6 Å². The Labute approximate surface area is 210 Å². The predicted octanol–water partition coefficient (Wildman–Crippen LogP) is 4.60. The minimum absolute atomic E-state index is 0. The zero-order valence-corrected chi connectivity index (χ0v) is 22.1. The molecule has 0 aliphatic carbocycles. The van der Waals surface area contributed by atoms with Crippen molar-refractivity contribution in [1.82, 2.24) is 20.5 Å². The molecule has 0 unspecified atom stereocenters. The number of rotatable bonds is 7. The molecule has 0 spiro atoms. The number of hydrogen-bond donors (Lipinski definition) is 2. The lowest BCUT2D eigenvalue weighted by atomic mass is 10.0. The number of aliphatic imine (C=N–C) groups is 1. The van der Waals surface area contributed by atoms with Crippen LogP contribution in [0.1, 0.15) is 51.8 Å². The van der Waals surface area contributed by atoms with Crippen LogP contribution in [0.4, 0.5) is 0 Å². The van der Waals surface area contributed by atoms with E-state index in [1.807, 2.05) is 30.5 Å². The highest BCUT2D eigenvalue weighted by Gasteiger charge is 2.20. The van der Waals surface area contributed by atoms with Crippen molar-refractivity contribution in [2.24, 2.45) is 4.99 Å². The highest BCUT2D eigenvalue weighted by Crippen LogP contribution is 2.23. The molecular formula is C25H38IN5O. The van der Waals surface area contributed by atoms with Crippen LogP contribution < -0.4 is 15.4 Å². The number of ether oxygens (including phenoxy) is 1. The summed E-state index contributed by atoms with van der Waals surface area (Å²) in [6.07, 6.45) is 4.06. The number of likely N-dealkylation sites (tertiary alicyclic amines) is 1. The SMILES string of the molecule is CCNC(=NCc1ccccc1OC(C)(C)C)NC1CCN(Cc2ccccn2)CC1.I. The minimum atomic E-state index is -0.230. The molecule has 1 aliphatic heterocycles. The molecule has 6 nitrogen and oxygen atoms in total. The summed E-state index contributed by atoms with van der Waals surface area (Å²) in [5.41, 5.74) is 2.01. The molecule has 1 aromatic carbocycles. The molecule has 7 heteroatoms. The summed E-state index contributed by atoms with van der Waals surface area (Å²) in [5.74, 6) is 1.77. The van der Waals surface area contributed by atoms with Gasteiger partial charge in [-0.1, -0.05) is 24.3 Å². The van der Waals surface area contributed by atoms with Gasteiger partial charge in [-0.3, -0.25) is 9.88 Å². The highest BCUT2D eigenvalue weighted by atomic mass is 127. The Morgan fingerprint density at radius 1 is 1.12 bits per heavy atom. The fourth-order valence-corrected chi connectivity index (χ4v) is 3.70. The van der Waals surface area contributed by atoms with Crippen molar-refractivity contribution in [1.29, 1.82) is 0 Å². The Kier molecular flexibility index (Phi) is 10.7. The Morgan fingerprint density at radius 3 is 2.50 bits per heavy atom. The molecule has 176 valence electrons. The largest absolute Gasteiger partial charge is 0.488 e. The number of nitrogens with one attached hydrogen (secondary N) is 2. The van der Waals surface area contributed by atoms with E-state index in [4.69, 9.17) is 9.73 Å². The Bertz CT molecular complexity index is 830. The lowest BCUT2D eigenvalue weighted by molar-refractivity contribution is 0.129. The lowest BCUT2D eigenvalue weighted by Gasteiger charge is -2.32. The Hall–Kier alpha value is -1.87. The van der Waals surface area contributed by atoms with Crippen molar-refractivity contribution < 1.29 is 4.74 Å². The van der Waals surface area contributed by atoms with Gasteiger partial charge >= 0.3 is 0 Å². The molecule has 0 amide bonds. The van der Waals surface area contributed by atoms with Crippen LogP contribution in [-0.4, -0.2) is 47.1 Å². The molecule has 2 heterocycles. The first-order valence-corrected chi connectivity index (χ1v) is 11.4. The molecule has 0 saturated carbocycles. The summed E-state index contributed by atoms with van der Waals surface area (Å²) in [5, 5.41) is 7.03. The average Bonchev–Trinajstić information content (AvgIpc) is 2.74. The summed E-state index contributed by atoms with van der Waals surface area (Å²) in [7, 11) is 0. The number of nitrogens with zero attached hydrogens (tertiary/aromatic N) is 3. The molecule has 1 aliphatic rings. The van der Waals surface area contributed by atoms with Crippen LogP contribution in [0.5, 0.6) is 5.75 Å². The van der Waals surface area contributed by atoms with Gasteiger partial charge in [0, 0.05) is 44.0 Å². The van der Waals surface area contributed by atoms with Crippen LogP contribution in [0.15, 0.2) is 53.7 Å². The highest BCUT2D eigenvalue weighted by molar-refractivity contribution is 14.0. The third-order valence-electron chi connectivity index (χ3n) is 5.18. The van der Waals surface area contributed by atoms with E-state index in [-0.39, 0.29) is 29.6 Å².